The number of pyridine rings is 1. The average Bonchev–Trinajstić information content (AvgIpc) is 2.51. The van der Waals surface area contributed by atoms with E-state index < -0.39 is 29.2 Å². The predicted octanol–water partition coefficient (Wildman–Crippen LogP) is 0.956. The Morgan fingerprint density at radius 1 is 1.32 bits per heavy atom. The van der Waals surface area contributed by atoms with Gasteiger partial charge in [0.1, 0.15) is 5.60 Å². The Kier molecular flexibility index (Phi) is 4.27. The summed E-state index contributed by atoms with van der Waals surface area (Å²) in [7, 11) is 2.79. The summed E-state index contributed by atoms with van der Waals surface area (Å²) >= 11 is 0. The molecule has 4 atom stereocenters. The molecule has 0 aromatic carbocycles. The van der Waals surface area contributed by atoms with Gasteiger partial charge in [0.05, 0.1) is 0 Å². The zero-order valence-electron chi connectivity index (χ0n) is 13.3. The lowest BCUT2D eigenvalue weighted by atomic mass is 9.89. The normalized spacial score (nSPS) is 34.8. The fraction of sp³-hybridized carbons (Fsp3) is 0.600. The molecule has 0 radical (unpaired) electrons. The first-order valence-corrected chi connectivity index (χ1v) is 6.84. The lowest BCUT2D eigenvalue weighted by Crippen LogP contribution is -2.67. The Hall–Kier alpha value is -1.54. The second-order valence-corrected chi connectivity index (χ2v) is 5.61. The number of nitrogens with zero attached hydrogens (tertiary/aromatic N) is 1. The van der Waals surface area contributed by atoms with Crippen LogP contribution in [0.15, 0.2) is 24.5 Å². The molecule has 0 aliphatic carbocycles. The highest BCUT2D eigenvalue weighted by Crippen LogP contribution is 2.41. The molecule has 0 spiro atoms. The Balaban J connectivity index is 2.39. The molecule has 2 heterocycles. The van der Waals surface area contributed by atoms with Gasteiger partial charge in [0.2, 0.25) is 5.79 Å². The first-order chi connectivity index (χ1) is 10.2. The molecule has 7 heteroatoms. The number of methoxy groups -OCH3 is 2. The molecule has 1 aliphatic rings. The standard InChI is InChI=1S/C15H21NO6/c1-13(18,10-7-6-8-16-9-10)11-12(17)22-15(3,20-5)14(2,19-4)21-11/h6-9,11,18H,1-5H3/t11-,13+,14-,15-/m0/s1. The number of cyclic esters (lactones) is 1. The molecular formula is C15H21NO6. The van der Waals surface area contributed by atoms with Gasteiger partial charge in [-0.3, -0.25) is 4.98 Å². The quantitative estimate of drug-likeness (QED) is 0.829. The van der Waals surface area contributed by atoms with Gasteiger partial charge >= 0.3 is 5.97 Å². The third-order valence-corrected chi connectivity index (χ3v) is 4.21. The molecule has 1 fully saturated rings. The second kappa shape index (κ2) is 5.58. The minimum atomic E-state index is -1.64. The van der Waals surface area contributed by atoms with E-state index in [1.165, 1.54) is 34.3 Å². The summed E-state index contributed by atoms with van der Waals surface area (Å²) in [6.07, 6.45) is 1.75. The first-order valence-electron chi connectivity index (χ1n) is 6.84. The molecule has 2 rings (SSSR count). The maximum absolute atomic E-state index is 12.3. The fourth-order valence-corrected chi connectivity index (χ4v) is 2.34. The third kappa shape index (κ3) is 2.50. The average molecular weight is 311 g/mol. The zero-order valence-corrected chi connectivity index (χ0v) is 13.3. The summed E-state index contributed by atoms with van der Waals surface area (Å²) in [5, 5.41) is 10.8. The summed E-state index contributed by atoms with van der Waals surface area (Å²) in [6, 6.07) is 3.31. The molecule has 1 aromatic rings. The Labute approximate surface area is 129 Å². The Morgan fingerprint density at radius 3 is 2.45 bits per heavy atom. The van der Waals surface area contributed by atoms with E-state index in [9.17, 15) is 9.90 Å². The van der Waals surface area contributed by atoms with Crippen LogP contribution in [0.5, 0.6) is 0 Å². The second-order valence-electron chi connectivity index (χ2n) is 5.61. The Bertz CT molecular complexity index is 548. The molecule has 1 saturated heterocycles. The number of carbonyl (C=O) groups excluding carboxylic acids is 1. The molecule has 0 saturated carbocycles. The molecule has 0 bridgehead atoms. The summed E-state index contributed by atoms with van der Waals surface area (Å²) in [6.45, 7) is 4.57. The van der Waals surface area contributed by atoms with Crippen LogP contribution in [0, 0.1) is 0 Å². The van der Waals surface area contributed by atoms with Gasteiger partial charge in [-0.05, 0) is 19.9 Å². The van der Waals surface area contributed by atoms with Crippen molar-refractivity contribution in [3.8, 4) is 0 Å². The van der Waals surface area contributed by atoms with Crippen molar-refractivity contribution in [1.82, 2.24) is 4.98 Å². The Morgan fingerprint density at radius 2 is 1.95 bits per heavy atom. The number of carbonyl (C=O) groups is 1. The van der Waals surface area contributed by atoms with E-state index in [-0.39, 0.29) is 0 Å². The largest absolute Gasteiger partial charge is 0.425 e. The lowest BCUT2D eigenvalue weighted by Gasteiger charge is -2.50. The van der Waals surface area contributed by atoms with Crippen LogP contribution in [-0.4, -0.2) is 48.0 Å². The molecule has 22 heavy (non-hydrogen) atoms. The number of aliphatic hydroxyl groups is 1. The molecule has 122 valence electrons. The van der Waals surface area contributed by atoms with Crippen LogP contribution < -0.4 is 0 Å². The highest BCUT2D eigenvalue weighted by Gasteiger charge is 2.61. The summed E-state index contributed by atoms with van der Waals surface area (Å²) < 4.78 is 21.7. The van der Waals surface area contributed by atoms with Crippen molar-refractivity contribution >= 4 is 5.97 Å². The number of aromatic nitrogens is 1. The van der Waals surface area contributed by atoms with E-state index in [1.807, 2.05) is 0 Å². The van der Waals surface area contributed by atoms with E-state index in [0.717, 1.165) is 0 Å². The van der Waals surface area contributed by atoms with Gasteiger partial charge < -0.3 is 24.1 Å². The van der Waals surface area contributed by atoms with Crippen molar-refractivity contribution in [2.75, 3.05) is 14.2 Å². The van der Waals surface area contributed by atoms with Crippen molar-refractivity contribution in [2.24, 2.45) is 0 Å². The minimum absolute atomic E-state index is 0.427. The smallest absolute Gasteiger partial charge is 0.341 e. The van der Waals surface area contributed by atoms with Crippen molar-refractivity contribution < 1.29 is 28.8 Å². The molecule has 1 aliphatic heterocycles. The van der Waals surface area contributed by atoms with Crippen molar-refractivity contribution in [3.63, 3.8) is 0 Å². The number of ether oxygens (including phenoxy) is 4. The van der Waals surface area contributed by atoms with Crippen LogP contribution in [0.3, 0.4) is 0 Å². The van der Waals surface area contributed by atoms with Gasteiger partial charge in [0.15, 0.2) is 6.10 Å². The van der Waals surface area contributed by atoms with Gasteiger partial charge in [0.25, 0.3) is 5.79 Å². The summed E-state index contributed by atoms with van der Waals surface area (Å²) in [4.78, 5) is 16.3. The monoisotopic (exact) mass is 311 g/mol. The zero-order chi connectivity index (χ0) is 16.6. The van der Waals surface area contributed by atoms with E-state index in [0.29, 0.717) is 5.56 Å². The minimum Gasteiger partial charge on any atom is -0.425 e. The van der Waals surface area contributed by atoms with E-state index >= 15 is 0 Å². The molecular weight excluding hydrogens is 290 g/mol. The lowest BCUT2D eigenvalue weighted by molar-refractivity contribution is -0.416. The van der Waals surface area contributed by atoms with Crippen molar-refractivity contribution in [2.45, 2.75) is 44.1 Å². The molecule has 0 amide bonds. The van der Waals surface area contributed by atoms with Crippen LogP contribution >= 0.6 is 0 Å². The van der Waals surface area contributed by atoms with Crippen LogP contribution in [0.4, 0.5) is 0 Å². The van der Waals surface area contributed by atoms with E-state index in [1.54, 1.807) is 25.3 Å². The van der Waals surface area contributed by atoms with E-state index in [2.05, 4.69) is 4.98 Å². The van der Waals surface area contributed by atoms with Gasteiger partial charge in [-0.2, -0.15) is 0 Å². The fourth-order valence-electron chi connectivity index (χ4n) is 2.34. The van der Waals surface area contributed by atoms with Gasteiger partial charge in [0, 0.05) is 39.1 Å². The highest BCUT2D eigenvalue weighted by atomic mass is 16.8. The van der Waals surface area contributed by atoms with Crippen molar-refractivity contribution in [1.29, 1.82) is 0 Å². The highest BCUT2D eigenvalue weighted by molar-refractivity contribution is 5.78. The summed E-state index contributed by atoms with van der Waals surface area (Å²) in [5.74, 6) is -3.56. The number of rotatable bonds is 4. The third-order valence-electron chi connectivity index (χ3n) is 4.21. The predicted molar refractivity (Wildman–Crippen MR) is 75.6 cm³/mol. The molecule has 7 nitrogen and oxygen atoms in total. The van der Waals surface area contributed by atoms with Gasteiger partial charge in [-0.25, -0.2) is 4.79 Å². The molecule has 1 aromatic heterocycles. The van der Waals surface area contributed by atoms with Crippen LogP contribution in [0.2, 0.25) is 0 Å². The van der Waals surface area contributed by atoms with Gasteiger partial charge in [-0.15, -0.1) is 0 Å². The van der Waals surface area contributed by atoms with Gasteiger partial charge in [-0.1, -0.05) is 6.07 Å². The molecule has 0 unspecified atom stereocenters. The number of esters is 1. The topological polar surface area (TPSA) is 87.1 Å². The van der Waals surface area contributed by atoms with Crippen LogP contribution in [0.1, 0.15) is 26.3 Å². The van der Waals surface area contributed by atoms with Crippen molar-refractivity contribution in [3.05, 3.63) is 30.1 Å². The van der Waals surface area contributed by atoms with Crippen LogP contribution in [0.25, 0.3) is 0 Å². The maximum atomic E-state index is 12.3. The SMILES string of the molecule is CO[C@@]1(C)OC(=O)[C@@H]([C@](C)(O)c2cccnc2)O[C@]1(C)OC. The molecule has 1 N–H and O–H groups in total. The number of hydrogen-bond acceptors (Lipinski definition) is 7. The number of hydrogen-bond donors (Lipinski definition) is 1. The summed E-state index contributed by atoms with van der Waals surface area (Å²) in [5.41, 5.74) is -1.21. The van der Waals surface area contributed by atoms with E-state index in [4.69, 9.17) is 18.9 Å². The maximum Gasteiger partial charge on any atom is 0.341 e. The van der Waals surface area contributed by atoms with Crippen LogP contribution in [-0.2, 0) is 29.3 Å². The first kappa shape index (κ1) is 16.8.